The number of nitrogens with zero attached hydrogens (tertiary/aromatic N) is 5. The van der Waals surface area contributed by atoms with Crippen molar-refractivity contribution in [2.75, 3.05) is 25.0 Å². The molecule has 0 saturated carbocycles. The van der Waals surface area contributed by atoms with Crippen LogP contribution in [0, 0.1) is 5.92 Å². The number of pyridine rings is 1. The van der Waals surface area contributed by atoms with Crippen LogP contribution in [0.15, 0.2) is 42.0 Å². The van der Waals surface area contributed by atoms with E-state index in [1.165, 1.54) is 16.2 Å². The molecular weight excluding hydrogens is 429 g/mol. The molecule has 3 aromatic rings. The van der Waals surface area contributed by atoms with Crippen LogP contribution < -0.4 is 5.32 Å². The molecule has 31 heavy (non-hydrogen) atoms. The summed E-state index contributed by atoms with van der Waals surface area (Å²) in [6.45, 7) is 0.139. The van der Waals surface area contributed by atoms with E-state index in [4.69, 9.17) is 0 Å². The molecule has 0 bridgehead atoms. The minimum Gasteiger partial charge on any atom is -0.309 e. The molecule has 4 heterocycles. The van der Waals surface area contributed by atoms with Gasteiger partial charge in [-0.3, -0.25) is 14.7 Å². The summed E-state index contributed by atoms with van der Waals surface area (Å²) in [6.07, 6.45) is -0.488. The van der Waals surface area contributed by atoms with Gasteiger partial charge in [-0.05, 0) is 31.5 Å². The molecule has 1 amide bonds. The van der Waals surface area contributed by atoms with Crippen LogP contribution in [0.5, 0.6) is 0 Å². The highest BCUT2D eigenvalue weighted by Crippen LogP contribution is 2.33. The SMILES string of the molecule is O=C(CN1CCCC(C(F)(F)F)C1)Nc1cc(-c2nccs2)nc(-c2ccccn2)n1. The average Bonchev–Trinajstić information content (AvgIpc) is 3.29. The second-order valence-electron chi connectivity index (χ2n) is 7.18. The van der Waals surface area contributed by atoms with Crippen LogP contribution in [0.25, 0.3) is 22.2 Å². The highest BCUT2D eigenvalue weighted by molar-refractivity contribution is 7.13. The molecule has 0 aliphatic carbocycles. The Morgan fingerprint density at radius 2 is 2.06 bits per heavy atom. The standard InChI is InChI=1S/C20H19F3N6OS/c21-20(22,23)13-4-3-8-29(11-13)12-17(30)27-16-10-15(19-25-7-9-31-19)26-18(28-16)14-5-1-2-6-24-14/h1-2,5-7,9-10,13H,3-4,8,11-12H2,(H,26,27,28,30). The molecule has 0 spiro atoms. The number of piperidine rings is 1. The Hall–Kier alpha value is -2.92. The van der Waals surface area contributed by atoms with Gasteiger partial charge in [-0.25, -0.2) is 15.0 Å². The van der Waals surface area contributed by atoms with Crippen molar-refractivity contribution in [3.63, 3.8) is 0 Å². The lowest BCUT2D eigenvalue weighted by Gasteiger charge is -2.33. The van der Waals surface area contributed by atoms with Gasteiger partial charge in [-0.2, -0.15) is 13.2 Å². The lowest BCUT2D eigenvalue weighted by molar-refractivity contribution is -0.186. The van der Waals surface area contributed by atoms with Crippen molar-refractivity contribution in [3.8, 4) is 22.2 Å². The van der Waals surface area contributed by atoms with Gasteiger partial charge < -0.3 is 5.32 Å². The third-order valence-corrected chi connectivity index (χ3v) is 5.67. The Balaban J connectivity index is 1.52. The Kier molecular flexibility index (Phi) is 6.23. The molecule has 0 aromatic carbocycles. The van der Waals surface area contributed by atoms with E-state index in [0.717, 1.165) is 0 Å². The number of rotatable bonds is 5. The monoisotopic (exact) mass is 448 g/mol. The van der Waals surface area contributed by atoms with Crippen molar-refractivity contribution in [1.82, 2.24) is 24.8 Å². The second-order valence-corrected chi connectivity index (χ2v) is 8.07. The van der Waals surface area contributed by atoms with E-state index < -0.39 is 18.0 Å². The number of anilines is 1. The molecule has 4 rings (SSSR count). The fraction of sp³-hybridized carbons (Fsp3) is 0.350. The maximum absolute atomic E-state index is 13.0. The van der Waals surface area contributed by atoms with Gasteiger partial charge in [0.2, 0.25) is 5.91 Å². The van der Waals surface area contributed by atoms with Crippen molar-refractivity contribution in [1.29, 1.82) is 0 Å². The summed E-state index contributed by atoms with van der Waals surface area (Å²) < 4.78 is 39.1. The van der Waals surface area contributed by atoms with Crippen LogP contribution in [0.2, 0.25) is 0 Å². The van der Waals surface area contributed by atoms with Gasteiger partial charge in [-0.15, -0.1) is 11.3 Å². The number of amides is 1. The van der Waals surface area contributed by atoms with Crippen LogP contribution in [0.1, 0.15) is 12.8 Å². The number of likely N-dealkylation sites (tertiary alicyclic amines) is 1. The Morgan fingerprint density at radius 3 is 2.77 bits per heavy atom. The van der Waals surface area contributed by atoms with Gasteiger partial charge in [-0.1, -0.05) is 6.07 Å². The number of halogens is 3. The van der Waals surface area contributed by atoms with Crippen LogP contribution in [0.3, 0.4) is 0 Å². The van der Waals surface area contributed by atoms with Gasteiger partial charge in [0.1, 0.15) is 22.2 Å². The number of thiazole rings is 1. The summed E-state index contributed by atoms with van der Waals surface area (Å²) in [5.74, 6) is -1.27. The summed E-state index contributed by atoms with van der Waals surface area (Å²) in [5.41, 5.74) is 1.05. The summed E-state index contributed by atoms with van der Waals surface area (Å²) in [5, 5.41) is 5.15. The largest absolute Gasteiger partial charge is 0.393 e. The van der Waals surface area contributed by atoms with Crippen LogP contribution in [-0.2, 0) is 4.79 Å². The highest BCUT2D eigenvalue weighted by Gasteiger charge is 2.41. The first-order chi connectivity index (χ1) is 14.9. The van der Waals surface area contributed by atoms with Gasteiger partial charge in [0.15, 0.2) is 5.82 Å². The Morgan fingerprint density at radius 1 is 1.19 bits per heavy atom. The molecule has 1 unspecified atom stereocenters. The minimum absolute atomic E-state index is 0.0954. The Bertz CT molecular complexity index is 1030. The lowest BCUT2D eigenvalue weighted by Crippen LogP contribution is -2.44. The van der Waals surface area contributed by atoms with Gasteiger partial charge in [0.25, 0.3) is 0 Å². The topological polar surface area (TPSA) is 83.9 Å². The summed E-state index contributed by atoms with van der Waals surface area (Å²) in [4.78, 5) is 31.4. The number of alkyl halides is 3. The zero-order valence-corrected chi connectivity index (χ0v) is 17.2. The van der Waals surface area contributed by atoms with E-state index in [1.807, 2.05) is 5.38 Å². The summed E-state index contributed by atoms with van der Waals surface area (Å²) in [6, 6.07) is 6.91. The van der Waals surface area contributed by atoms with Crippen molar-refractivity contribution in [3.05, 3.63) is 42.0 Å². The smallest absolute Gasteiger partial charge is 0.309 e. The van der Waals surface area contributed by atoms with E-state index in [1.54, 1.807) is 36.7 Å². The maximum atomic E-state index is 13.0. The number of carbonyl (C=O) groups is 1. The fourth-order valence-corrected chi connectivity index (χ4v) is 4.03. The molecule has 1 aliphatic rings. The van der Waals surface area contributed by atoms with Crippen molar-refractivity contribution in [2.45, 2.75) is 19.0 Å². The van der Waals surface area contributed by atoms with Crippen LogP contribution in [-0.4, -0.2) is 56.6 Å². The number of nitrogens with one attached hydrogen (secondary N) is 1. The molecule has 11 heteroatoms. The predicted octanol–water partition coefficient (Wildman–Crippen LogP) is 3.87. The molecule has 7 nitrogen and oxygen atoms in total. The fourth-order valence-electron chi connectivity index (χ4n) is 3.43. The maximum Gasteiger partial charge on any atom is 0.393 e. The number of hydrogen-bond acceptors (Lipinski definition) is 7. The quantitative estimate of drug-likeness (QED) is 0.638. The zero-order valence-electron chi connectivity index (χ0n) is 16.3. The normalized spacial score (nSPS) is 17.5. The van der Waals surface area contributed by atoms with E-state index in [2.05, 4.69) is 25.3 Å². The number of aromatic nitrogens is 4. The van der Waals surface area contributed by atoms with E-state index >= 15 is 0 Å². The third-order valence-electron chi connectivity index (χ3n) is 4.87. The van der Waals surface area contributed by atoms with Crippen molar-refractivity contribution >= 4 is 23.1 Å². The van der Waals surface area contributed by atoms with Crippen molar-refractivity contribution in [2.24, 2.45) is 5.92 Å². The number of hydrogen-bond donors (Lipinski definition) is 1. The van der Waals surface area contributed by atoms with Gasteiger partial charge >= 0.3 is 6.18 Å². The van der Waals surface area contributed by atoms with Crippen molar-refractivity contribution < 1.29 is 18.0 Å². The first-order valence-corrected chi connectivity index (χ1v) is 10.6. The molecule has 1 N–H and O–H groups in total. The van der Waals surface area contributed by atoms with Crippen LogP contribution >= 0.6 is 11.3 Å². The number of carbonyl (C=O) groups excluding carboxylic acids is 1. The summed E-state index contributed by atoms with van der Waals surface area (Å²) in [7, 11) is 0. The average molecular weight is 448 g/mol. The molecule has 1 aliphatic heterocycles. The molecule has 0 radical (unpaired) electrons. The molecule has 3 aromatic heterocycles. The summed E-state index contributed by atoms with van der Waals surface area (Å²) >= 11 is 1.39. The second kappa shape index (κ2) is 9.06. The van der Waals surface area contributed by atoms with E-state index in [-0.39, 0.29) is 25.3 Å². The van der Waals surface area contributed by atoms with Crippen LogP contribution in [0.4, 0.5) is 19.0 Å². The highest BCUT2D eigenvalue weighted by atomic mass is 32.1. The lowest BCUT2D eigenvalue weighted by atomic mass is 9.97. The van der Waals surface area contributed by atoms with E-state index in [0.29, 0.717) is 35.2 Å². The zero-order chi connectivity index (χ0) is 21.8. The Labute approximate surface area is 180 Å². The van der Waals surface area contributed by atoms with Gasteiger partial charge in [0, 0.05) is 30.4 Å². The first kappa shape index (κ1) is 21.3. The molecule has 1 saturated heterocycles. The molecular formula is C20H19F3N6OS. The minimum atomic E-state index is -4.25. The molecule has 162 valence electrons. The molecule has 1 atom stereocenters. The van der Waals surface area contributed by atoms with Gasteiger partial charge in [0.05, 0.1) is 12.5 Å². The third kappa shape index (κ3) is 5.42. The van der Waals surface area contributed by atoms with E-state index in [9.17, 15) is 18.0 Å². The first-order valence-electron chi connectivity index (χ1n) is 9.68. The molecule has 1 fully saturated rings. The predicted molar refractivity (Wildman–Crippen MR) is 110 cm³/mol.